The third-order valence-electron chi connectivity index (χ3n) is 3.90. The second-order valence-corrected chi connectivity index (χ2v) is 5.25. The highest BCUT2D eigenvalue weighted by molar-refractivity contribution is 5.44. The lowest BCUT2D eigenvalue weighted by Gasteiger charge is -2.33. The number of halogens is 2. The highest BCUT2D eigenvalue weighted by Gasteiger charge is 2.53. The van der Waals surface area contributed by atoms with Crippen molar-refractivity contribution in [1.82, 2.24) is 0 Å². The van der Waals surface area contributed by atoms with Gasteiger partial charge in [-0.2, -0.15) is 0 Å². The Hall–Kier alpha value is -1.16. The van der Waals surface area contributed by atoms with Crippen molar-refractivity contribution < 1.29 is 13.5 Å². The van der Waals surface area contributed by atoms with Crippen LogP contribution in [-0.4, -0.2) is 12.6 Å². The molecule has 0 saturated heterocycles. The van der Waals surface area contributed by atoms with Crippen molar-refractivity contribution in [3.63, 3.8) is 0 Å². The van der Waals surface area contributed by atoms with Crippen LogP contribution in [-0.2, 0) is 5.41 Å². The minimum atomic E-state index is -0.638. The minimum Gasteiger partial charge on any atom is -0.496 e. The van der Waals surface area contributed by atoms with Crippen LogP contribution in [0, 0.1) is 11.6 Å². The molecule has 0 bridgehead atoms. The van der Waals surface area contributed by atoms with E-state index < -0.39 is 22.6 Å². The average molecular weight is 241 g/mol. The average Bonchev–Trinajstić information content (AvgIpc) is 2.96. The standard InChI is InChI=1S/C13H17F2NO/c1-12(2,13(16)4-5-13)11-9(15)6-8(14)7-10(11)17-3/h6-7H,4-5,16H2,1-3H3. The van der Waals surface area contributed by atoms with Crippen molar-refractivity contribution in [1.29, 1.82) is 0 Å². The van der Waals surface area contributed by atoms with E-state index in [9.17, 15) is 8.78 Å². The van der Waals surface area contributed by atoms with Gasteiger partial charge in [0.05, 0.1) is 7.11 Å². The van der Waals surface area contributed by atoms with E-state index in [4.69, 9.17) is 10.5 Å². The molecule has 1 aliphatic carbocycles. The molecule has 0 unspecified atom stereocenters. The fourth-order valence-electron chi connectivity index (χ4n) is 2.33. The molecule has 0 aromatic heterocycles. The van der Waals surface area contributed by atoms with Crippen LogP contribution in [0.15, 0.2) is 12.1 Å². The summed E-state index contributed by atoms with van der Waals surface area (Å²) in [6.07, 6.45) is 1.69. The molecule has 1 aromatic rings. The van der Waals surface area contributed by atoms with E-state index in [2.05, 4.69) is 0 Å². The van der Waals surface area contributed by atoms with Gasteiger partial charge >= 0.3 is 0 Å². The summed E-state index contributed by atoms with van der Waals surface area (Å²) in [5, 5.41) is 0. The molecule has 0 atom stereocenters. The lowest BCUT2D eigenvalue weighted by molar-refractivity contribution is 0.336. The number of hydrogen-bond donors (Lipinski definition) is 1. The fraction of sp³-hybridized carbons (Fsp3) is 0.538. The van der Waals surface area contributed by atoms with Gasteiger partial charge in [-0.3, -0.25) is 0 Å². The zero-order valence-electron chi connectivity index (χ0n) is 10.3. The summed E-state index contributed by atoms with van der Waals surface area (Å²) < 4.78 is 32.2. The zero-order valence-corrected chi connectivity index (χ0v) is 10.3. The summed E-state index contributed by atoms with van der Waals surface area (Å²) >= 11 is 0. The first-order chi connectivity index (χ1) is 7.82. The van der Waals surface area contributed by atoms with Crippen molar-refractivity contribution >= 4 is 0 Å². The Labute approximate surface area is 99.8 Å². The van der Waals surface area contributed by atoms with Gasteiger partial charge in [0.1, 0.15) is 17.4 Å². The number of benzene rings is 1. The first kappa shape index (κ1) is 12.3. The lowest BCUT2D eigenvalue weighted by atomic mass is 9.75. The Morgan fingerprint density at radius 3 is 2.35 bits per heavy atom. The number of hydrogen-bond acceptors (Lipinski definition) is 2. The van der Waals surface area contributed by atoms with Crippen LogP contribution in [0.5, 0.6) is 5.75 Å². The largest absolute Gasteiger partial charge is 0.496 e. The van der Waals surface area contributed by atoms with E-state index in [0.29, 0.717) is 5.56 Å². The fourth-order valence-corrected chi connectivity index (χ4v) is 2.33. The van der Waals surface area contributed by atoms with Crippen molar-refractivity contribution in [3.05, 3.63) is 29.3 Å². The molecule has 0 amide bonds. The molecule has 1 fully saturated rings. The van der Waals surface area contributed by atoms with Crippen LogP contribution < -0.4 is 10.5 Å². The predicted octanol–water partition coefficient (Wildman–Crippen LogP) is 2.74. The monoisotopic (exact) mass is 241 g/mol. The maximum absolute atomic E-state index is 14.0. The van der Waals surface area contributed by atoms with E-state index in [1.54, 1.807) is 0 Å². The molecule has 2 N–H and O–H groups in total. The topological polar surface area (TPSA) is 35.2 Å². The molecule has 0 spiro atoms. The van der Waals surface area contributed by atoms with Crippen LogP contribution in [0.1, 0.15) is 32.3 Å². The van der Waals surface area contributed by atoms with E-state index in [1.165, 1.54) is 13.2 Å². The second-order valence-electron chi connectivity index (χ2n) is 5.25. The van der Waals surface area contributed by atoms with Gasteiger partial charge in [0.15, 0.2) is 0 Å². The highest BCUT2D eigenvalue weighted by atomic mass is 19.1. The lowest BCUT2D eigenvalue weighted by Crippen LogP contribution is -2.44. The quantitative estimate of drug-likeness (QED) is 0.883. The highest BCUT2D eigenvalue weighted by Crippen LogP contribution is 2.51. The van der Waals surface area contributed by atoms with Crippen molar-refractivity contribution in [2.24, 2.45) is 5.73 Å². The molecule has 17 heavy (non-hydrogen) atoms. The van der Waals surface area contributed by atoms with Gasteiger partial charge in [-0.05, 0) is 12.8 Å². The third-order valence-corrected chi connectivity index (χ3v) is 3.90. The van der Waals surface area contributed by atoms with Gasteiger partial charge in [-0.1, -0.05) is 13.8 Å². The van der Waals surface area contributed by atoms with Crippen LogP contribution in [0.2, 0.25) is 0 Å². The van der Waals surface area contributed by atoms with Gasteiger partial charge in [0.25, 0.3) is 0 Å². The molecule has 0 aliphatic heterocycles. The van der Waals surface area contributed by atoms with Crippen LogP contribution >= 0.6 is 0 Å². The molecule has 4 heteroatoms. The summed E-state index contributed by atoms with van der Waals surface area (Å²) in [6.45, 7) is 3.75. The SMILES string of the molecule is COc1cc(F)cc(F)c1C(C)(C)C1(N)CC1. The molecule has 1 saturated carbocycles. The maximum Gasteiger partial charge on any atom is 0.133 e. The Bertz CT molecular complexity index is 453. The van der Waals surface area contributed by atoms with Crippen molar-refractivity contribution in [2.45, 2.75) is 37.6 Å². The molecule has 1 aliphatic rings. The zero-order chi connectivity index (χ0) is 12.8. The van der Waals surface area contributed by atoms with Crippen LogP contribution in [0.4, 0.5) is 8.78 Å². The Morgan fingerprint density at radius 2 is 1.88 bits per heavy atom. The molecule has 2 rings (SSSR count). The normalized spacial score (nSPS) is 18.0. The summed E-state index contributed by atoms with van der Waals surface area (Å²) in [4.78, 5) is 0. The Kier molecular flexibility index (Phi) is 2.65. The molecule has 2 nitrogen and oxygen atoms in total. The Morgan fingerprint density at radius 1 is 1.29 bits per heavy atom. The van der Waals surface area contributed by atoms with Gasteiger partial charge in [0, 0.05) is 28.7 Å². The van der Waals surface area contributed by atoms with Crippen LogP contribution in [0.25, 0.3) is 0 Å². The second kappa shape index (κ2) is 3.67. The summed E-state index contributed by atoms with van der Waals surface area (Å²) in [6, 6.07) is 2.08. The maximum atomic E-state index is 14.0. The van der Waals surface area contributed by atoms with E-state index >= 15 is 0 Å². The number of ether oxygens (including phenoxy) is 1. The van der Waals surface area contributed by atoms with Gasteiger partial charge in [-0.25, -0.2) is 8.78 Å². The van der Waals surface area contributed by atoms with Gasteiger partial charge < -0.3 is 10.5 Å². The van der Waals surface area contributed by atoms with E-state index in [0.717, 1.165) is 18.9 Å². The summed E-state index contributed by atoms with van der Waals surface area (Å²) in [5.74, 6) is -1.01. The number of rotatable bonds is 3. The smallest absolute Gasteiger partial charge is 0.133 e. The summed E-state index contributed by atoms with van der Waals surface area (Å²) in [7, 11) is 1.41. The van der Waals surface area contributed by atoms with Gasteiger partial charge in [0.2, 0.25) is 0 Å². The minimum absolute atomic E-state index is 0.226. The first-order valence-electron chi connectivity index (χ1n) is 5.64. The van der Waals surface area contributed by atoms with E-state index in [1.807, 2.05) is 13.8 Å². The number of nitrogens with two attached hydrogens (primary N) is 1. The van der Waals surface area contributed by atoms with Gasteiger partial charge in [-0.15, -0.1) is 0 Å². The molecule has 94 valence electrons. The molecular formula is C13H17F2NO. The summed E-state index contributed by atoms with van der Waals surface area (Å²) in [5.41, 5.74) is 5.54. The molecular weight excluding hydrogens is 224 g/mol. The third kappa shape index (κ3) is 1.80. The first-order valence-corrected chi connectivity index (χ1v) is 5.64. The predicted molar refractivity (Wildman–Crippen MR) is 62.1 cm³/mol. The van der Waals surface area contributed by atoms with E-state index in [-0.39, 0.29) is 5.75 Å². The van der Waals surface area contributed by atoms with Crippen LogP contribution in [0.3, 0.4) is 0 Å². The molecule has 1 aromatic carbocycles. The molecule has 0 heterocycles. The van der Waals surface area contributed by atoms with Crippen molar-refractivity contribution in [3.8, 4) is 5.75 Å². The Balaban J connectivity index is 2.58. The van der Waals surface area contributed by atoms with Crippen molar-refractivity contribution in [2.75, 3.05) is 7.11 Å². The number of methoxy groups -OCH3 is 1. The molecule has 0 radical (unpaired) electrons.